The van der Waals surface area contributed by atoms with Gasteiger partial charge in [-0.1, -0.05) is 39.8 Å². The highest BCUT2D eigenvalue weighted by Gasteiger charge is 2.55. The molecule has 114 valence electrons. The predicted molar refractivity (Wildman–Crippen MR) is 81.3 cm³/mol. The van der Waals surface area contributed by atoms with Crippen molar-refractivity contribution in [3.05, 3.63) is 12.2 Å². The summed E-state index contributed by atoms with van der Waals surface area (Å²) in [6, 6.07) is 0. The van der Waals surface area contributed by atoms with Crippen LogP contribution in [0.5, 0.6) is 0 Å². The molecule has 0 saturated carbocycles. The summed E-state index contributed by atoms with van der Waals surface area (Å²) in [5.74, 6) is 0.0548. The van der Waals surface area contributed by atoms with Gasteiger partial charge >= 0.3 is 0 Å². The molecule has 0 aromatic heterocycles. The first-order chi connectivity index (χ1) is 9.47. The molecule has 2 amide bonds. The van der Waals surface area contributed by atoms with Crippen LogP contribution in [-0.2, 0) is 9.59 Å². The Hall–Kier alpha value is -1.32. The van der Waals surface area contributed by atoms with Crippen molar-refractivity contribution in [1.82, 2.24) is 10.2 Å². The molecule has 1 saturated heterocycles. The number of nitrogens with zero attached hydrogens (tertiary/aromatic N) is 1. The lowest BCUT2D eigenvalue weighted by atomic mass is 9.79. The summed E-state index contributed by atoms with van der Waals surface area (Å²) in [7, 11) is 0. The highest BCUT2D eigenvalue weighted by atomic mass is 16.2. The number of allylic oxidation sites excluding steroid dienone is 1. The predicted octanol–water partition coefficient (Wildman–Crippen LogP) is 2.64. The van der Waals surface area contributed by atoms with Crippen molar-refractivity contribution in [1.29, 1.82) is 0 Å². The smallest absolute Gasteiger partial charge is 0.249 e. The lowest BCUT2D eigenvalue weighted by Crippen LogP contribution is -2.75. The average molecular weight is 280 g/mol. The van der Waals surface area contributed by atoms with Crippen LogP contribution in [0.3, 0.4) is 0 Å². The fourth-order valence-electron chi connectivity index (χ4n) is 3.11. The van der Waals surface area contributed by atoms with Gasteiger partial charge in [-0.05, 0) is 32.6 Å². The second-order valence-electron chi connectivity index (χ2n) is 5.47. The van der Waals surface area contributed by atoms with Crippen LogP contribution in [0, 0.1) is 0 Å². The topological polar surface area (TPSA) is 49.4 Å². The summed E-state index contributed by atoms with van der Waals surface area (Å²) in [5.41, 5.74) is -1.43. The minimum absolute atomic E-state index is 0.00435. The van der Waals surface area contributed by atoms with Crippen molar-refractivity contribution in [3.8, 4) is 0 Å². The van der Waals surface area contributed by atoms with Gasteiger partial charge in [0.1, 0.15) is 11.1 Å². The van der Waals surface area contributed by atoms with Gasteiger partial charge in [0, 0.05) is 6.54 Å². The molecule has 1 fully saturated rings. The number of amides is 2. The van der Waals surface area contributed by atoms with Gasteiger partial charge in [0.15, 0.2) is 0 Å². The average Bonchev–Trinajstić information content (AvgIpc) is 2.48. The first-order valence-electron chi connectivity index (χ1n) is 7.73. The SMILES string of the molecule is C/C=C/CN1C(=O)C(CC)(CC)NC(=O)C1(CC)CC. The van der Waals surface area contributed by atoms with Gasteiger partial charge in [-0.15, -0.1) is 0 Å². The Balaban J connectivity index is 3.30. The minimum atomic E-state index is -0.730. The van der Waals surface area contributed by atoms with Crippen LogP contribution in [0.15, 0.2) is 12.2 Å². The van der Waals surface area contributed by atoms with Gasteiger partial charge < -0.3 is 10.2 Å². The Labute approximate surface area is 122 Å². The van der Waals surface area contributed by atoms with E-state index in [0.717, 1.165) is 0 Å². The molecule has 4 heteroatoms. The van der Waals surface area contributed by atoms with Crippen molar-refractivity contribution in [3.63, 3.8) is 0 Å². The zero-order valence-corrected chi connectivity index (χ0v) is 13.5. The fourth-order valence-corrected chi connectivity index (χ4v) is 3.11. The highest BCUT2D eigenvalue weighted by Crippen LogP contribution is 2.34. The fraction of sp³-hybridized carbons (Fsp3) is 0.750. The Morgan fingerprint density at radius 2 is 1.60 bits per heavy atom. The Bertz CT molecular complexity index is 393. The number of hydrogen-bond donors (Lipinski definition) is 1. The van der Waals surface area contributed by atoms with Crippen LogP contribution in [0.2, 0.25) is 0 Å². The second-order valence-corrected chi connectivity index (χ2v) is 5.47. The van der Waals surface area contributed by atoms with Crippen LogP contribution >= 0.6 is 0 Å². The third-order valence-electron chi connectivity index (χ3n) is 4.85. The lowest BCUT2D eigenvalue weighted by Gasteiger charge is -2.51. The Morgan fingerprint density at radius 3 is 2.00 bits per heavy atom. The van der Waals surface area contributed by atoms with Crippen molar-refractivity contribution in [2.75, 3.05) is 6.54 Å². The number of hydrogen-bond acceptors (Lipinski definition) is 2. The largest absolute Gasteiger partial charge is 0.340 e. The number of piperazine rings is 1. The van der Waals surface area contributed by atoms with E-state index in [9.17, 15) is 9.59 Å². The van der Waals surface area contributed by atoms with E-state index >= 15 is 0 Å². The summed E-state index contributed by atoms with van der Waals surface area (Å²) in [6.07, 6.45) is 6.42. The number of rotatable bonds is 6. The zero-order chi connectivity index (χ0) is 15.4. The van der Waals surface area contributed by atoms with Crippen LogP contribution < -0.4 is 5.32 Å². The van der Waals surface area contributed by atoms with Gasteiger partial charge in [0.2, 0.25) is 11.8 Å². The molecule has 1 heterocycles. The first kappa shape index (κ1) is 16.7. The van der Waals surface area contributed by atoms with E-state index in [1.165, 1.54) is 0 Å². The molecule has 0 aromatic rings. The normalized spacial score (nSPS) is 21.4. The summed E-state index contributed by atoms with van der Waals surface area (Å²) in [4.78, 5) is 27.5. The maximum atomic E-state index is 13.0. The molecule has 0 spiro atoms. The summed E-state index contributed by atoms with van der Waals surface area (Å²) >= 11 is 0. The van der Waals surface area contributed by atoms with E-state index in [0.29, 0.717) is 32.2 Å². The molecule has 0 bridgehead atoms. The second kappa shape index (κ2) is 6.42. The van der Waals surface area contributed by atoms with Crippen molar-refractivity contribution in [2.24, 2.45) is 0 Å². The number of nitrogens with one attached hydrogen (secondary N) is 1. The molecule has 1 aliphatic heterocycles. The third kappa shape index (κ3) is 2.36. The Morgan fingerprint density at radius 1 is 1.05 bits per heavy atom. The van der Waals surface area contributed by atoms with Crippen LogP contribution in [0.1, 0.15) is 60.3 Å². The molecular formula is C16H28N2O2. The maximum Gasteiger partial charge on any atom is 0.249 e. The molecule has 20 heavy (non-hydrogen) atoms. The number of carbonyl (C=O) groups excluding carboxylic acids is 2. The van der Waals surface area contributed by atoms with Crippen LogP contribution in [0.25, 0.3) is 0 Å². The van der Waals surface area contributed by atoms with Gasteiger partial charge in [0.05, 0.1) is 0 Å². The van der Waals surface area contributed by atoms with Gasteiger partial charge in [-0.3, -0.25) is 9.59 Å². The van der Waals surface area contributed by atoms with Crippen molar-refractivity contribution < 1.29 is 9.59 Å². The van der Waals surface area contributed by atoms with Gasteiger partial charge in [-0.2, -0.15) is 0 Å². The molecule has 0 radical (unpaired) electrons. The molecule has 1 N–H and O–H groups in total. The molecule has 0 unspecified atom stereocenters. The quantitative estimate of drug-likeness (QED) is 0.760. The third-order valence-corrected chi connectivity index (χ3v) is 4.85. The first-order valence-corrected chi connectivity index (χ1v) is 7.73. The molecule has 0 aliphatic carbocycles. The van der Waals surface area contributed by atoms with E-state index in [1.54, 1.807) is 4.90 Å². The van der Waals surface area contributed by atoms with E-state index in [2.05, 4.69) is 5.32 Å². The van der Waals surface area contributed by atoms with E-state index in [4.69, 9.17) is 0 Å². The highest BCUT2D eigenvalue weighted by molar-refractivity contribution is 6.02. The maximum absolute atomic E-state index is 13.0. The van der Waals surface area contributed by atoms with Gasteiger partial charge in [0.25, 0.3) is 0 Å². The number of carbonyl (C=O) groups is 2. The van der Waals surface area contributed by atoms with Crippen LogP contribution in [-0.4, -0.2) is 34.3 Å². The Kier molecular flexibility index (Phi) is 5.37. The lowest BCUT2D eigenvalue weighted by molar-refractivity contribution is -0.163. The van der Waals surface area contributed by atoms with Crippen molar-refractivity contribution >= 4 is 11.8 Å². The molecule has 4 nitrogen and oxygen atoms in total. The van der Waals surface area contributed by atoms with E-state index in [1.807, 2.05) is 46.8 Å². The van der Waals surface area contributed by atoms with Crippen molar-refractivity contribution in [2.45, 2.75) is 71.4 Å². The summed E-state index contributed by atoms with van der Waals surface area (Å²) < 4.78 is 0. The van der Waals surface area contributed by atoms with E-state index in [-0.39, 0.29) is 11.8 Å². The van der Waals surface area contributed by atoms with Crippen LogP contribution in [0.4, 0.5) is 0 Å². The van der Waals surface area contributed by atoms with Gasteiger partial charge in [-0.25, -0.2) is 0 Å². The monoisotopic (exact) mass is 280 g/mol. The summed E-state index contributed by atoms with van der Waals surface area (Å²) in [6.45, 7) is 10.3. The standard InChI is InChI=1S/C16H28N2O2/c1-6-11-12-18-14(20)15(7-2,8-3)17-13(19)16(18,9-4)10-5/h6,11H,7-10,12H2,1-5H3,(H,17,19)/b11-6+. The van der Waals surface area contributed by atoms with E-state index < -0.39 is 11.1 Å². The molecule has 1 aliphatic rings. The molecular weight excluding hydrogens is 252 g/mol. The minimum Gasteiger partial charge on any atom is -0.340 e. The summed E-state index contributed by atoms with van der Waals surface area (Å²) in [5, 5.41) is 3.02. The molecule has 0 atom stereocenters. The molecule has 0 aromatic carbocycles. The zero-order valence-electron chi connectivity index (χ0n) is 13.5. The molecule has 1 rings (SSSR count).